The molecule has 1 aliphatic carbocycles. The van der Waals surface area contributed by atoms with Crippen molar-refractivity contribution in [2.75, 3.05) is 26.5 Å². The average Bonchev–Trinajstić information content (AvgIpc) is 0.692. The predicted molar refractivity (Wildman–Crippen MR) is 299 cm³/mol. The molecule has 0 saturated carbocycles. The van der Waals surface area contributed by atoms with Gasteiger partial charge in [0.2, 0.25) is 10.7 Å². The third-order valence-corrected chi connectivity index (χ3v) is 34.9. The smallest absolute Gasteiger partial charge is 0.391 e. The monoisotopic (exact) mass is 1830 g/mol. The molecule has 0 aromatic heterocycles. The molecule has 2 heterocycles. The van der Waals surface area contributed by atoms with Crippen LogP contribution in [0, 0.1) is 5.92 Å². The highest BCUT2D eigenvalue weighted by Gasteiger charge is 2.75. The minimum absolute atomic E-state index is 0.0965. The number of rotatable bonds is 44. The summed E-state index contributed by atoms with van der Waals surface area (Å²) in [6.45, 7) is -1.86. The Morgan fingerprint density at radius 3 is 1.53 bits per heavy atom. The van der Waals surface area contributed by atoms with E-state index in [1.807, 2.05) is 0 Å². The Balaban J connectivity index is 2.49. The van der Waals surface area contributed by atoms with E-state index in [1.165, 1.54) is 0 Å². The van der Waals surface area contributed by atoms with Crippen LogP contribution >= 0.6 is 24.1 Å². The molecule has 63 nitrogen and oxygen atoms in total. The average molecular weight is 1840 g/mol. The molecule has 2 fully saturated rings. The zero-order valence-electron chi connectivity index (χ0n) is 48.5. The van der Waals surface area contributed by atoms with E-state index in [-0.39, 0.29) is 24.7 Å². The van der Waals surface area contributed by atoms with Crippen LogP contribution < -0.4 is 0 Å². The van der Waals surface area contributed by atoms with Gasteiger partial charge in [0.1, 0.15) is 36.6 Å². The second kappa shape index (κ2) is 35.1. The van der Waals surface area contributed by atoms with Crippen molar-refractivity contribution in [3.63, 3.8) is 0 Å². The summed E-state index contributed by atoms with van der Waals surface area (Å²) in [5.74, 6) is -5.39. The topological polar surface area (TPSA) is 940 Å². The van der Waals surface area contributed by atoms with Crippen molar-refractivity contribution in [1.82, 2.24) is 4.90 Å². The van der Waals surface area contributed by atoms with Crippen molar-refractivity contribution in [2.24, 2.45) is 5.92 Å². The molecule has 0 aromatic rings. The summed E-state index contributed by atoms with van der Waals surface area (Å²) in [4.78, 5) is 143. The predicted octanol–water partition coefficient (Wildman–Crippen LogP) is -14.7. The van der Waals surface area contributed by atoms with Gasteiger partial charge in [0.05, 0.1) is 30.1 Å². The number of ether oxygens (including phenoxy) is 2. The molecule has 0 spiro atoms. The van der Waals surface area contributed by atoms with E-state index in [0.29, 0.717) is 13.0 Å². The number of nitrogens with zero attached hydrogens (tertiary/aromatic N) is 1. The lowest BCUT2D eigenvalue weighted by Gasteiger charge is -2.51. The second-order valence-corrected chi connectivity index (χ2v) is 44.4. The van der Waals surface area contributed by atoms with E-state index in [0.717, 1.165) is 19.0 Å². The first kappa shape index (κ1) is 95.2. The molecule has 0 radical (unpaired) electrons. The normalized spacial score (nSPS) is 27.1. The van der Waals surface area contributed by atoms with Crippen LogP contribution in [0.25, 0.3) is 0 Å². The summed E-state index contributed by atoms with van der Waals surface area (Å²) >= 11 is -0.949. The Morgan fingerprint density at radius 1 is 0.569 bits per heavy atom. The third kappa shape index (κ3) is 28.4. The molecule has 102 heavy (non-hydrogen) atoms. The Hall–Kier alpha value is -1.03. The highest BCUT2D eigenvalue weighted by Crippen LogP contribution is 2.51. The fourth-order valence-electron chi connectivity index (χ4n) is 8.09. The van der Waals surface area contributed by atoms with Gasteiger partial charge >= 0.3 is 145 Å². The van der Waals surface area contributed by atoms with Gasteiger partial charge in [-0.2, -0.15) is 67.3 Å². The molecule has 14 atom stereocenters. The summed E-state index contributed by atoms with van der Waals surface area (Å²) in [7, 11) is -104. The first-order valence-corrected chi connectivity index (χ1v) is 49.0. The van der Waals surface area contributed by atoms with Gasteiger partial charge in [0, 0.05) is 38.6 Å². The van der Waals surface area contributed by atoms with Crippen LogP contribution in [-0.2, 0) is 192 Å². The van der Waals surface area contributed by atoms with Crippen LogP contribution in [-0.4, -0.2) is 327 Å². The van der Waals surface area contributed by atoms with Crippen molar-refractivity contribution in [2.45, 2.75) is 71.0 Å². The Bertz CT molecular complexity index is 3910. The van der Waals surface area contributed by atoms with Gasteiger partial charge in [-0.3, -0.25) is 18.5 Å². The molecular formula is C22H49NO62S10Si7. The van der Waals surface area contributed by atoms with Crippen LogP contribution in [0.3, 0.4) is 0 Å². The molecule has 80 heteroatoms. The van der Waals surface area contributed by atoms with E-state index in [1.54, 1.807) is 0 Å². The molecule has 21 N–H and O–H groups in total. The first-order valence-electron chi connectivity index (χ1n) is 23.7. The lowest BCUT2D eigenvalue weighted by molar-refractivity contribution is -0.591. The van der Waals surface area contributed by atoms with Gasteiger partial charge in [-0.15, -0.1) is 21.7 Å². The standard InChI is InChI=1S/C22H49NO62S10Si7/c1-9-5-12(24)11(23(2)3)6-10(9)22(90(34,35)73-29)20(89(32,33)72-28)18(15(65-92(39,40)41)13(64-22)7-62-91(36,37)38)68-95(47,48)80-102(61,85-100(58,59)83-98(53,54)55)84-99(56,57)77-78-101(60,82-96(4,49)81-97(50,51)52)79-94(45,46)67-17-16(66-93(42,43)44)14(8-86-75-70-26)63-21(87-76-74-69-25)19(17)88(30,31)71-27/h5-6,10,13-21,25-29,49-61H,7-8H2,1-4H3,(H,36,37,38)(H,39,40,41)(H,42,43,44). The number of allylic oxidation sites excluding steroid dienone is 1. The van der Waals surface area contributed by atoms with Gasteiger partial charge in [0.15, 0.2) is 15.9 Å². The van der Waals surface area contributed by atoms with Crippen LogP contribution in [0.4, 0.5) is 0 Å². The maximum Gasteiger partial charge on any atom is 0.713 e. The van der Waals surface area contributed by atoms with Crippen LogP contribution in [0.5, 0.6) is 0 Å². The zero-order valence-corrected chi connectivity index (χ0v) is 63.7. The minimum atomic E-state index is -8.33. The number of hydrogen-bond donors (Lipinski definition) is 21. The maximum absolute atomic E-state index is 14.3. The first-order chi connectivity index (χ1) is 45.6. The molecule has 0 bridgehead atoms. The SMILES string of the molecule is CC1=CC(=O)C(N(C)C)=CC1C1(S(=O)(=O)OO)OC(COS(=O)(=O)O)C(OS(=O)(=O)O)C(OS(=O)(=O)O[Si](O)(O[Si](O)(O)OO[Si](O)(O[Si](C)(O)O[Si](O)(O)O)OS(=O)(=O)OC2C(OS(=O)(=O)O)C(CSOOO)OC(SOOOO)C2S(=O)(=O)OO)O[Si](O)(O)O[Si](O)(O)O)C1S(=O)(=O)OO. The molecule has 3 rings (SSSR count). The quantitative estimate of drug-likeness (QED) is 0.00673. The molecule has 0 aromatic carbocycles. The lowest BCUT2D eigenvalue weighted by Crippen LogP contribution is -2.74. The van der Waals surface area contributed by atoms with Gasteiger partial charge < -0.3 is 97.3 Å². The van der Waals surface area contributed by atoms with Crippen molar-refractivity contribution in [1.29, 1.82) is 0 Å². The Labute approximate surface area is 582 Å². The summed E-state index contributed by atoms with van der Waals surface area (Å²) in [6.07, 6.45) is -20.7. The number of ketones is 1. The summed E-state index contributed by atoms with van der Waals surface area (Å²) in [5.41, 5.74) is -4.61. The van der Waals surface area contributed by atoms with Crippen LogP contribution in [0.2, 0.25) is 6.55 Å². The molecule has 2 aliphatic heterocycles. The van der Waals surface area contributed by atoms with Gasteiger partial charge in [-0.05, 0) is 29.2 Å². The van der Waals surface area contributed by atoms with Crippen molar-refractivity contribution >= 4 is 175 Å². The fraction of sp³-hybridized carbons (Fsp3) is 0.773. The minimum Gasteiger partial charge on any atom is -0.391 e. The molecule has 2 saturated heterocycles. The molecule has 0 amide bonds. The van der Waals surface area contributed by atoms with Crippen molar-refractivity contribution in [3.8, 4) is 0 Å². The molecule has 3 aliphatic rings. The number of likely N-dealkylation sites (N-methyl/N-ethyl adjacent to an activating group) is 1. The second-order valence-electron chi connectivity index (χ2n) is 18.5. The Morgan fingerprint density at radius 2 is 1.07 bits per heavy atom. The summed E-state index contributed by atoms with van der Waals surface area (Å²) in [6, 6.07) is 0. The maximum atomic E-state index is 14.3. The van der Waals surface area contributed by atoms with Gasteiger partial charge in [0.25, 0.3) is 0 Å². The summed E-state index contributed by atoms with van der Waals surface area (Å²) in [5, 5.41) is 48.2. The Kier molecular flexibility index (Phi) is 32.8. The number of carbonyl (C=O) groups is 1. The van der Waals surface area contributed by atoms with E-state index in [9.17, 15) is 164 Å². The summed E-state index contributed by atoms with van der Waals surface area (Å²) < 4.78 is 327. The van der Waals surface area contributed by atoms with Crippen LogP contribution in [0.15, 0.2) is 23.4 Å². The highest BCUT2D eigenvalue weighted by atomic mass is 32.3. The number of carbonyl (C=O) groups excluding carboxylic acids is 1. The van der Waals surface area contributed by atoms with E-state index < -0.39 is 250 Å². The molecule has 602 valence electrons. The lowest BCUT2D eigenvalue weighted by atomic mass is 9.81. The van der Waals surface area contributed by atoms with E-state index in [2.05, 4.69) is 95.2 Å². The van der Waals surface area contributed by atoms with Crippen molar-refractivity contribution in [3.05, 3.63) is 23.4 Å². The van der Waals surface area contributed by atoms with E-state index in [4.69, 9.17) is 20.0 Å². The third-order valence-electron chi connectivity index (χ3n) is 10.9. The largest absolute Gasteiger partial charge is 0.713 e. The van der Waals surface area contributed by atoms with Gasteiger partial charge in [-0.1, -0.05) is 10.6 Å². The molecular weight excluding hydrogens is 1790 g/mol. The fourth-order valence-corrected chi connectivity index (χ4v) is 31.1. The van der Waals surface area contributed by atoms with Gasteiger partial charge in [-0.25, -0.2) is 64.1 Å². The number of hydrogen-bond acceptors (Lipinski definition) is 62. The van der Waals surface area contributed by atoms with E-state index >= 15 is 0 Å². The highest BCUT2D eigenvalue weighted by molar-refractivity contribution is 7.97. The van der Waals surface area contributed by atoms with Crippen molar-refractivity contribution < 1.29 is 279 Å². The molecule has 14 unspecified atom stereocenters. The van der Waals surface area contributed by atoms with Crippen LogP contribution in [0.1, 0.15) is 6.92 Å². The zero-order chi connectivity index (χ0) is 79.3.